The van der Waals surface area contributed by atoms with Crippen molar-refractivity contribution >= 4 is 22.5 Å². The summed E-state index contributed by atoms with van der Waals surface area (Å²) in [6, 6.07) is 9.21. The molecule has 21 heavy (non-hydrogen) atoms. The number of nitrogens with zero attached hydrogens (tertiary/aromatic N) is 4. The van der Waals surface area contributed by atoms with Gasteiger partial charge in [-0.2, -0.15) is 5.21 Å². The van der Waals surface area contributed by atoms with E-state index in [1.807, 2.05) is 24.3 Å². The van der Waals surface area contributed by atoms with Gasteiger partial charge in [-0.25, -0.2) is 10.8 Å². The highest BCUT2D eigenvalue weighted by Gasteiger charge is 2.12. The molecule has 3 aromatic rings. The lowest BCUT2D eigenvalue weighted by atomic mass is 10.1. The average Bonchev–Trinajstić information content (AvgIpc) is 3.04. The van der Waals surface area contributed by atoms with E-state index in [0.717, 1.165) is 10.8 Å². The van der Waals surface area contributed by atoms with Crippen LogP contribution in [0.3, 0.4) is 0 Å². The molecule has 0 aliphatic carbocycles. The van der Waals surface area contributed by atoms with Crippen LogP contribution in [0.5, 0.6) is 0 Å². The molecule has 0 atom stereocenters. The number of nitrogens with one attached hydrogen (secondary N) is 3. The predicted molar refractivity (Wildman–Crippen MR) is 74.9 cm³/mol. The van der Waals surface area contributed by atoms with Crippen LogP contribution >= 0.6 is 0 Å². The molecule has 0 bridgehead atoms. The van der Waals surface area contributed by atoms with Gasteiger partial charge in [0, 0.05) is 5.39 Å². The Labute approximate surface area is 118 Å². The Kier molecular flexibility index (Phi) is 3.39. The topological polar surface area (TPSA) is 134 Å². The number of nitrogen functional groups attached to an aromatic ring is 1. The summed E-state index contributed by atoms with van der Waals surface area (Å²) in [7, 11) is 0. The van der Waals surface area contributed by atoms with Gasteiger partial charge in [0.25, 0.3) is 5.91 Å². The first-order valence-corrected chi connectivity index (χ1v) is 6.15. The summed E-state index contributed by atoms with van der Waals surface area (Å²) in [5.41, 5.74) is 2.76. The Morgan fingerprint density at radius 3 is 2.95 bits per heavy atom. The molecule has 1 amide bonds. The second kappa shape index (κ2) is 5.51. The average molecular weight is 284 g/mol. The van der Waals surface area contributed by atoms with Gasteiger partial charge in [0.15, 0.2) is 5.82 Å². The molecule has 0 unspecified atom stereocenters. The number of aromatic nitrogens is 5. The molecule has 0 aliphatic rings. The van der Waals surface area contributed by atoms with Crippen LogP contribution in [0, 0.1) is 0 Å². The van der Waals surface area contributed by atoms with Gasteiger partial charge in [0.1, 0.15) is 11.5 Å². The van der Waals surface area contributed by atoms with Crippen LogP contribution in [0.25, 0.3) is 10.8 Å². The van der Waals surface area contributed by atoms with Gasteiger partial charge in [-0.05, 0) is 11.5 Å². The quantitative estimate of drug-likeness (QED) is 0.390. The molecule has 0 aliphatic heterocycles. The predicted octanol–water partition coefficient (Wildman–Crippen LogP) is -0.0365. The van der Waals surface area contributed by atoms with Gasteiger partial charge in [-0.1, -0.05) is 29.5 Å². The van der Waals surface area contributed by atoms with Gasteiger partial charge in [0.2, 0.25) is 0 Å². The number of carbonyl (C=O) groups is 1. The number of fused-ring (bicyclic) bond motifs is 1. The lowest BCUT2D eigenvalue weighted by Crippen LogP contribution is -2.25. The molecule has 0 saturated heterocycles. The first-order valence-electron chi connectivity index (χ1n) is 6.15. The van der Waals surface area contributed by atoms with E-state index in [-0.39, 0.29) is 18.1 Å². The fourth-order valence-electron chi connectivity index (χ4n) is 1.93. The fourth-order valence-corrected chi connectivity index (χ4v) is 1.93. The number of aromatic amines is 1. The molecule has 0 saturated carbocycles. The van der Waals surface area contributed by atoms with E-state index in [1.54, 1.807) is 6.07 Å². The minimum Gasteiger partial charge on any atom is -0.343 e. The molecule has 0 spiro atoms. The van der Waals surface area contributed by atoms with Crippen LogP contribution in [0.4, 0.5) is 5.82 Å². The minimum absolute atomic E-state index is 0.162. The van der Waals surface area contributed by atoms with Crippen LogP contribution in [-0.4, -0.2) is 31.5 Å². The second-order valence-electron chi connectivity index (χ2n) is 4.23. The highest BCUT2D eigenvalue weighted by molar-refractivity contribution is 6.00. The van der Waals surface area contributed by atoms with Gasteiger partial charge < -0.3 is 10.7 Å². The van der Waals surface area contributed by atoms with Crippen LogP contribution in [0.1, 0.15) is 16.3 Å². The molecule has 1 aromatic carbocycles. The molecular formula is C12H12N8O. The number of hydrogen-bond acceptors (Lipinski definition) is 7. The van der Waals surface area contributed by atoms with E-state index in [1.165, 1.54) is 0 Å². The van der Waals surface area contributed by atoms with Crippen molar-refractivity contribution in [2.75, 3.05) is 5.43 Å². The first-order chi connectivity index (χ1) is 10.3. The van der Waals surface area contributed by atoms with Gasteiger partial charge in [-0.15, -0.1) is 10.2 Å². The third-order valence-electron chi connectivity index (χ3n) is 2.91. The van der Waals surface area contributed by atoms with Crippen molar-refractivity contribution in [2.45, 2.75) is 6.54 Å². The largest absolute Gasteiger partial charge is 0.343 e. The minimum atomic E-state index is -0.345. The summed E-state index contributed by atoms with van der Waals surface area (Å²) >= 11 is 0. The molecule has 2 heterocycles. The van der Waals surface area contributed by atoms with E-state index >= 15 is 0 Å². The molecule has 9 heteroatoms. The Balaban J connectivity index is 1.87. The lowest BCUT2D eigenvalue weighted by molar-refractivity contribution is 0.0945. The van der Waals surface area contributed by atoms with Gasteiger partial charge in [-0.3, -0.25) is 4.79 Å². The Morgan fingerprint density at radius 1 is 1.33 bits per heavy atom. The summed E-state index contributed by atoms with van der Waals surface area (Å²) in [5.74, 6) is 5.95. The molecule has 9 nitrogen and oxygen atoms in total. The number of hydrogen-bond donors (Lipinski definition) is 4. The summed E-state index contributed by atoms with van der Waals surface area (Å²) < 4.78 is 0. The third-order valence-corrected chi connectivity index (χ3v) is 2.91. The molecule has 5 N–H and O–H groups in total. The summed E-state index contributed by atoms with van der Waals surface area (Å²) in [6.07, 6.45) is 0. The number of amides is 1. The van der Waals surface area contributed by atoms with E-state index in [4.69, 9.17) is 5.84 Å². The van der Waals surface area contributed by atoms with Gasteiger partial charge in [0.05, 0.1) is 6.54 Å². The van der Waals surface area contributed by atoms with Crippen molar-refractivity contribution in [3.05, 3.63) is 41.9 Å². The Hall–Kier alpha value is -3.07. The SMILES string of the molecule is NNc1nc(C(=O)NCc2nn[nH]n2)cc2ccccc12. The maximum atomic E-state index is 12.1. The van der Waals surface area contributed by atoms with Gasteiger partial charge >= 0.3 is 0 Å². The number of H-pyrrole nitrogens is 1. The zero-order chi connectivity index (χ0) is 14.7. The Morgan fingerprint density at radius 2 is 2.19 bits per heavy atom. The maximum Gasteiger partial charge on any atom is 0.270 e. The van der Waals surface area contributed by atoms with Crippen LogP contribution in [0.15, 0.2) is 30.3 Å². The summed E-state index contributed by atoms with van der Waals surface area (Å²) in [5, 5.41) is 17.6. The van der Waals surface area contributed by atoms with Crippen LogP contribution in [-0.2, 0) is 6.54 Å². The number of tetrazole rings is 1. The van der Waals surface area contributed by atoms with Crippen LogP contribution in [0.2, 0.25) is 0 Å². The molecular weight excluding hydrogens is 272 g/mol. The van der Waals surface area contributed by atoms with Crippen LogP contribution < -0.4 is 16.6 Å². The third kappa shape index (κ3) is 2.62. The maximum absolute atomic E-state index is 12.1. The molecule has 2 aromatic heterocycles. The first kappa shape index (κ1) is 12.9. The second-order valence-corrected chi connectivity index (χ2v) is 4.23. The molecule has 0 fully saturated rings. The van der Waals surface area contributed by atoms with Crippen molar-refractivity contribution in [1.29, 1.82) is 0 Å². The van der Waals surface area contributed by atoms with Crippen molar-refractivity contribution in [3.8, 4) is 0 Å². The number of carbonyl (C=O) groups excluding carboxylic acids is 1. The highest BCUT2D eigenvalue weighted by Crippen LogP contribution is 2.21. The smallest absolute Gasteiger partial charge is 0.270 e. The lowest BCUT2D eigenvalue weighted by Gasteiger charge is -2.08. The molecule has 3 rings (SSSR count). The summed E-state index contributed by atoms with van der Waals surface area (Å²) in [6.45, 7) is 0.162. The zero-order valence-electron chi connectivity index (χ0n) is 10.9. The normalized spacial score (nSPS) is 10.5. The number of rotatable bonds is 4. The van der Waals surface area contributed by atoms with E-state index < -0.39 is 0 Å². The number of nitrogens with two attached hydrogens (primary N) is 1. The van der Waals surface area contributed by atoms with E-state index in [9.17, 15) is 4.79 Å². The standard InChI is InChI=1S/C12H12N8O/c13-16-11-8-4-2-1-3-7(8)5-9(15-11)12(21)14-6-10-17-19-20-18-10/h1-5H,6,13H2,(H,14,21)(H,15,16)(H,17,18,19,20). The van der Waals surface area contributed by atoms with Crippen molar-refractivity contribution in [2.24, 2.45) is 5.84 Å². The van der Waals surface area contributed by atoms with E-state index in [2.05, 4.69) is 36.4 Å². The number of pyridine rings is 1. The van der Waals surface area contributed by atoms with Crippen molar-refractivity contribution in [3.63, 3.8) is 0 Å². The van der Waals surface area contributed by atoms with Crippen molar-refractivity contribution in [1.82, 2.24) is 30.9 Å². The fraction of sp³-hybridized carbons (Fsp3) is 0.0833. The summed E-state index contributed by atoms with van der Waals surface area (Å²) in [4.78, 5) is 16.3. The van der Waals surface area contributed by atoms with Crippen molar-refractivity contribution < 1.29 is 4.79 Å². The highest BCUT2D eigenvalue weighted by atomic mass is 16.1. The van der Waals surface area contributed by atoms with E-state index in [0.29, 0.717) is 11.6 Å². The zero-order valence-corrected chi connectivity index (χ0v) is 10.9. The number of anilines is 1. The Bertz CT molecular complexity index is 770. The molecule has 0 radical (unpaired) electrons. The monoisotopic (exact) mass is 284 g/mol. The molecule has 106 valence electrons. The number of hydrazine groups is 1. The number of benzene rings is 1.